The summed E-state index contributed by atoms with van der Waals surface area (Å²) in [5, 5.41) is 3.44. The van der Waals surface area contributed by atoms with Crippen molar-refractivity contribution < 1.29 is 14.2 Å². The second-order valence-corrected chi connectivity index (χ2v) is 6.17. The highest BCUT2D eigenvalue weighted by Crippen LogP contribution is 2.47. The average Bonchev–Trinajstić information content (AvgIpc) is 2.54. The summed E-state index contributed by atoms with van der Waals surface area (Å²) in [6.07, 6.45) is 5.70. The monoisotopic (exact) mass is 291 g/mol. The van der Waals surface area contributed by atoms with Gasteiger partial charge in [-0.3, -0.25) is 0 Å². The van der Waals surface area contributed by atoms with E-state index >= 15 is 0 Å². The van der Waals surface area contributed by atoms with Gasteiger partial charge < -0.3 is 19.5 Å². The van der Waals surface area contributed by atoms with Crippen molar-refractivity contribution in [3.8, 4) is 11.5 Å². The zero-order valence-corrected chi connectivity index (χ0v) is 13.1. The number of methoxy groups -OCH3 is 2. The average molecular weight is 291 g/mol. The summed E-state index contributed by atoms with van der Waals surface area (Å²) in [6.45, 7) is 0. The number of benzene rings is 1. The lowest BCUT2D eigenvalue weighted by Crippen LogP contribution is -2.47. The highest BCUT2D eigenvalue weighted by atomic mass is 16.5. The SMILES string of the molecule is CNC1CC2(CCC(OC)CC2)Oc2ccc(OC)cc21. The molecule has 0 radical (unpaired) electrons. The van der Waals surface area contributed by atoms with Crippen molar-refractivity contribution in [1.82, 2.24) is 5.32 Å². The molecular weight excluding hydrogens is 266 g/mol. The van der Waals surface area contributed by atoms with Gasteiger partial charge in [0.1, 0.15) is 17.1 Å². The first-order valence-electron chi connectivity index (χ1n) is 7.77. The second-order valence-electron chi connectivity index (χ2n) is 6.17. The van der Waals surface area contributed by atoms with Crippen LogP contribution < -0.4 is 14.8 Å². The third-order valence-electron chi connectivity index (χ3n) is 5.02. The van der Waals surface area contributed by atoms with E-state index in [1.807, 2.05) is 26.3 Å². The van der Waals surface area contributed by atoms with Crippen molar-refractivity contribution >= 4 is 0 Å². The van der Waals surface area contributed by atoms with Gasteiger partial charge in [-0.05, 0) is 50.9 Å². The first kappa shape index (κ1) is 14.7. The molecule has 1 saturated carbocycles. The molecule has 0 bridgehead atoms. The number of rotatable bonds is 3. The van der Waals surface area contributed by atoms with Crippen LogP contribution in [0.25, 0.3) is 0 Å². The van der Waals surface area contributed by atoms with Crippen LogP contribution in [0.4, 0.5) is 0 Å². The maximum Gasteiger partial charge on any atom is 0.125 e. The molecule has 0 aromatic heterocycles. The Morgan fingerprint density at radius 2 is 2.00 bits per heavy atom. The van der Waals surface area contributed by atoms with Gasteiger partial charge in [-0.1, -0.05) is 0 Å². The minimum atomic E-state index is -0.0374. The van der Waals surface area contributed by atoms with Crippen LogP contribution in [0.3, 0.4) is 0 Å². The summed E-state index contributed by atoms with van der Waals surface area (Å²) in [6, 6.07) is 6.43. The number of ether oxygens (including phenoxy) is 3. The third kappa shape index (κ3) is 2.74. The van der Waals surface area contributed by atoms with E-state index in [1.54, 1.807) is 7.11 Å². The lowest BCUT2D eigenvalue weighted by Gasteiger charge is -2.45. The molecule has 0 saturated heterocycles. The fraction of sp³-hybridized carbons (Fsp3) is 0.647. The summed E-state index contributed by atoms with van der Waals surface area (Å²) in [5.74, 6) is 1.88. The van der Waals surface area contributed by atoms with Crippen LogP contribution >= 0.6 is 0 Å². The maximum absolute atomic E-state index is 6.43. The third-order valence-corrected chi connectivity index (χ3v) is 5.02. The molecule has 1 aliphatic heterocycles. The van der Waals surface area contributed by atoms with Crippen molar-refractivity contribution in [1.29, 1.82) is 0 Å². The minimum Gasteiger partial charge on any atom is -0.497 e. The van der Waals surface area contributed by atoms with E-state index in [0.717, 1.165) is 43.6 Å². The van der Waals surface area contributed by atoms with Crippen LogP contribution in [-0.2, 0) is 4.74 Å². The van der Waals surface area contributed by atoms with E-state index in [9.17, 15) is 0 Å². The molecular formula is C17H25NO3. The van der Waals surface area contributed by atoms with Crippen molar-refractivity contribution in [3.63, 3.8) is 0 Å². The van der Waals surface area contributed by atoms with E-state index in [4.69, 9.17) is 14.2 Å². The topological polar surface area (TPSA) is 39.7 Å². The highest BCUT2D eigenvalue weighted by molar-refractivity contribution is 5.44. The first-order chi connectivity index (χ1) is 10.2. The number of hydrogen-bond acceptors (Lipinski definition) is 4. The predicted octanol–water partition coefficient (Wildman–Crippen LogP) is 3.07. The summed E-state index contributed by atoms with van der Waals surface area (Å²) in [5.41, 5.74) is 1.17. The summed E-state index contributed by atoms with van der Waals surface area (Å²) in [7, 11) is 5.53. The summed E-state index contributed by atoms with van der Waals surface area (Å²) < 4.78 is 17.3. The van der Waals surface area contributed by atoms with Gasteiger partial charge in [0, 0.05) is 25.1 Å². The molecule has 1 unspecified atom stereocenters. The van der Waals surface area contributed by atoms with Crippen LogP contribution in [0.15, 0.2) is 18.2 Å². The molecule has 116 valence electrons. The Balaban J connectivity index is 1.85. The lowest BCUT2D eigenvalue weighted by atomic mass is 9.76. The van der Waals surface area contributed by atoms with Crippen molar-refractivity contribution in [2.24, 2.45) is 0 Å². The zero-order chi connectivity index (χ0) is 14.9. The van der Waals surface area contributed by atoms with Crippen LogP contribution in [-0.4, -0.2) is 33.0 Å². The van der Waals surface area contributed by atoms with Gasteiger partial charge in [0.25, 0.3) is 0 Å². The van der Waals surface area contributed by atoms with E-state index in [1.165, 1.54) is 5.56 Å². The molecule has 1 spiro atoms. The van der Waals surface area contributed by atoms with Gasteiger partial charge in [0.05, 0.1) is 13.2 Å². The van der Waals surface area contributed by atoms with Gasteiger partial charge in [-0.25, -0.2) is 0 Å². The van der Waals surface area contributed by atoms with Crippen LogP contribution in [0, 0.1) is 0 Å². The molecule has 1 aromatic carbocycles. The summed E-state index contributed by atoms with van der Waals surface area (Å²) in [4.78, 5) is 0. The molecule has 1 atom stereocenters. The molecule has 1 heterocycles. The molecule has 0 amide bonds. The number of hydrogen-bond donors (Lipinski definition) is 1. The Bertz CT molecular complexity index is 495. The Labute approximate surface area is 126 Å². The van der Waals surface area contributed by atoms with Gasteiger partial charge in [0.15, 0.2) is 0 Å². The minimum absolute atomic E-state index is 0.0374. The quantitative estimate of drug-likeness (QED) is 0.929. The largest absolute Gasteiger partial charge is 0.497 e. The first-order valence-corrected chi connectivity index (χ1v) is 7.77. The Kier molecular flexibility index (Phi) is 4.09. The van der Waals surface area contributed by atoms with E-state index in [0.29, 0.717) is 12.1 Å². The standard InChI is InChI=1S/C17H25NO3/c1-18-15-11-17(8-6-12(19-2)7-9-17)21-16-5-4-13(20-3)10-14(15)16/h4-5,10,12,15,18H,6-9,11H2,1-3H3. The van der Waals surface area contributed by atoms with E-state index in [-0.39, 0.29) is 5.60 Å². The fourth-order valence-electron chi connectivity index (χ4n) is 3.69. The lowest BCUT2D eigenvalue weighted by molar-refractivity contribution is -0.0450. The molecule has 4 heteroatoms. The van der Waals surface area contributed by atoms with Gasteiger partial charge in [-0.15, -0.1) is 0 Å². The van der Waals surface area contributed by atoms with E-state index in [2.05, 4.69) is 11.4 Å². The van der Waals surface area contributed by atoms with Crippen molar-refractivity contribution in [2.45, 2.75) is 49.9 Å². The maximum atomic E-state index is 6.43. The predicted molar refractivity (Wildman–Crippen MR) is 82.0 cm³/mol. The Morgan fingerprint density at radius 1 is 1.24 bits per heavy atom. The number of nitrogens with one attached hydrogen (secondary N) is 1. The van der Waals surface area contributed by atoms with Crippen LogP contribution in [0.1, 0.15) is 43.7 Å². The number of fused-ring (bicyclic) bond motifs is 1. The van der Waals surface area contributed by atoms with Gasteiger partial charge in [0.2, 0.25) is 0 Å². The fourth-order valence-corrected chi connectivity index (χ4v) is 3.69. The molecule has 1 N–H and O–H groups in total. The molecule has 21 heavy (non-hydrogen) atoms. The van der Waals surface area contributed by atoms with Crippen molar-refractivity contribution in [2.75, 3.05) is 21.3 Å². The normalized spacial score (nSPS) is 31.6. The molecule has 3 rings (SSSR count). The van der Waals surface area contributed by atoms with Crippen LogP contribution in [0.2, 0.25) is 0 Å². The molecule has 1 aromatic rings. The molecule has 4 nitrogen and oxygen atoms in total. The molecule has 2 aliphatic rings. The zero-order valence-electron chi connectivity index (χ0n) is 13.1. The summed E-state index contributed by atoms with van der Waals surface area (Å²) >= 11 is 0. The van der Waals surface area contributed by atoms with Gasteiger partial charge >= 0.3 is 0 Å². The van der Waals surface area contributed by atoms with Crippen LogP contribution in [0.5, 0.6) is 11.5 Å². The van der Waals surface area contributed by atoms with E-state index < -0.39 is 0 Å². The Hall–Kier alpha value is -1.26. The smallest absolute Gasteiger partial charge is 0.125 e. The highest BCUT2D eigenvalue weighted by Gasteiger charge is 2.43. The van der Waals surface area contributed by atoms with Crippen molar-refractivity contribution in [3.05, 3.63) is 23.8 Å². The molecule has 1 fully saturated rings. The van der Waals surface area contributed by atoms with Gasteiger partial charge in [-0.2, -0.15) is 0 Å². The second kappa shape index (κ2) is 5.85. The molecule has 1 aliphatic carbocycles. The Morgan fingerprint density at radius 3 is 2.62 bits per heavy atom.